The Morgan fingerprint density at radius 2 is 2.04 bits per heavy atom. The topological polar surface area (TPSA) is 84.0 Å². The van der Waals surface area contributed by atoms with Gasteiger partial charge in [-0.15, -0.1) is 11.3 Å². The molecular formula is C20H26N4O2S2. The van der Waals surface area contributed by atoms with Crippen LogP contribution in [0.4, 0.5) is 4.79 Å². The molecule has 3 amide bonds. The van der Waals surface area contributed by atoms with E-state index in [1.807, 2.05) is 6.92 Å². The van der Waals surface area contributed by atoms with Crippen molar-refractivity contribution in [3.05, 3.63) is 16.8 Å². The molecule has 0 spiro atoms. The summed E-state index contributed by atoms with van der Waals surface area (Å²) in [6.45, 7) is 4.11. The van der Waals surface area contributed by atoms with Gasteiger partial charge in [0.2, 0.25) is 5.91 Å². The Bertz CT molecular complexity index is 892. The van der Waals surface area contributed by atoms with Crippen LogP contribution in [0.25, 0.3) is 10.2 Å². The molecule has 0 aromatic carbocycles. The number of nitrogens with one attached hydrogen (secondary N) is 2. The predicted molar refractivity (Wildman–Crippen MR) is 113 cm³/mol. The van der Waals surface area contributed by atoms with Gasteiger partial charge in [0, 0.05) is 16.3 Å². The lowest BCUT2D eigenvalue weighted by molar-refractivity contribution is -0.119. The molecule has 1 fully saturated rings. The van der Waals surface area contributed by atoms with Gasteiger partial charge in [0.15, 0.2) is 0 Å². The standard InChI is InChI=1S/C20H26N4O2S2/c1-11-7-8-14-15(9-11)28-19-16(14)18(21-10-22-19)27-12(2)17(25)24-20(26)23-13-5-3-4-6-13/h10-13H,3-9H2,1-2H3,(H2,23,24,25,26)/t11-,12-/m0/s1. The van der Waals surface area contributed by atoms with Gasteiger partial charge < -0.3 is 5.32 Å². The van der Waals surface area contributed by atoms with Crippen molar-refractivity contribution in [2.45, 2.75) is 75.1 Å². The molecule has 1 saturated carbocycles. The minimum absolute atomic E-state index is 0.192. The van der Waals surface area contributed by atoms with E-state index in [0.29, 0.717) is 5.92 Å². The molecule has 6 nitrogen and oxygen atoms in total. The number of thioether (sulfide) groups is 1. The maximum Gasteiger partial charge on any atom is 0.321 e. The van der Waals surface area contributed by atoms with Gasteiger partial charge in [-0.2, -0.15) is 0 Å². The van der Waals surface area contributed by atoms with Crippen molar-refractivity contribution in [1.29, 1.82) is 0 Å². The highest BCUT2D eigenvalue weighted by atomic mass is 32.2. The zero-order chi connectivity index (χ0) is 19.7. The van der Waals surface area contributed by atoms with Crippen LogP contribution in [0.5, 0.6) is 0 Å². The lowest BCUT2D eigenvalue weighted by atomic mass is 9.89. The molecule has 0 saturated heterocycles. The zero-order valence-corrected chi connectivity index (χ0v) is 17.9. The Morgan fingerprint density at radius 1 is 1.25 bits per heavy atom. The molecule has 8 heteroatoms. The molecule has 0 radical (unpaired) electrons. The second-order valence-corrected chi connectivity index (χ2v) is 10.3. The molecule has 2 heterocycles. The third kappa shape index (κ3) is 4.17. The van der Waals surface area contributed by atoms with Crippen molar-refractivity contribution in [2.24, 2.45) is 5.92 Å². The van der Waals surface area contributed by atoms with Crippen molar-refractivity contribution in [3.63, 3.8) is 0 Å². The normalized spacial score (nSPS) is 20.7. The first-order valence-corrected chi connectivity index (χ1v) is 11.7. The van der Waals surface area contributed by atoms with E-state index in [1.165, 1.54) is 28.6 Å². The quantitative estimate of drug-likeness (QED) is 0.578. The van der Waals surface area contributed by atoms with Crippen LogP contribution in [0.3, 0.4) is 0 Å². The van der Waals surface area contributed by atoms with E-state index < -0.39 is 5.25 Å². The summed E-state index contributed by atoms with van der Waals surface area (Å²) in [7, 11) is 0. The molecule has 0 bridgehead atoms. The highest BCUT2D eigenvalue weighted by Gasteiger charge is 2.26. The number of amides is 3. The van der Waals surface area contributed by atoms with Gasteiger partial charge >= 0.3 is 6.03 Å². The molecule has 2 aromatic rings. The molecule has 2 aliphatic rings. The fourth-order valence-corrected chi connectivity index (χ4v) is 6.42. The third-order valence-corrected chi connectivity index (χ3v) is 7.90. The lowest BCUT2D eigenvalue weighted by Crippen LogP contribution is -2.45. The van der Waals surface area contributed by atoms with Crippen LogP contribution < -0.4 is 10.6 Å². The maximum atomic E-state index is 12.5. The number of carbonyl (C=O) groups excluding carboxylic acids is 2. The largest absolute Gasteiger partial charge is 0.335 e. The van der Waals surface area contributed by atoms with Crippen molar-refractivity contribution < 1.29 is 9.59 Å². The Kier molecular flexibility index (Phi) is 5.87. The van der Waals surface area contributed by atoms with E-state index in [2.05, 4.69) is 27.5 Å². The van der Waals surface area contributed by atoms with Crippen LogP contribution in [-0.4, -0.2) is 33.2 Å². The molecule has 2 aliphatic carbocycles. The van der Waals surface area contributed by atoms with Gasteiger partial charge in [0.05, 0.1) is 5.25 Å². The summed E-state index contributed by atoms with van der Waals surface area (Å²) in [6, 6.07) is -0.198. The van der Waals surface area contributed by atoms with E-state index in [4.69, 9.17) is 0 Å². The summed E-state index contributed by atoms with van der Waals surface area (Å²) >= 11 is 3.16. The van der Waals surface area contributed by atoms with Crippen LogP contribution in [-0.2, 0) is 17.6 Å². The van der Waals surface area contributed by atoms with E-state index >= 15 is 0 Å². The number of fused-ring (bicyclic) bond motifs is 3. The number of nitrogens with zero attached hydrogens (tertiary/aromatic N) is 2. The number of carbonyl (C=O) groups is 2. The summed E-state index contributed by atoms with van der Waals surface area (Å²) in [4.78, 5) is 35.9. The molecule has 150 valence electrons. The summed E-state index contributed by atoms with van der Waals surface area (Å²) < 4.78 is 0. The van der Waals surface area contributed by atoms with E-state index in [-0.39, 0.29) is 18.0 Å². The average molecular weight is 419 g/mol. The minimum Gasteiger partial charge on any atom is -0.335 e. The number of aryl methyl sites for hydroxylation is 1. The second-order valence-electron chi connectivity index (χ2n) is 7.91. The first kappa shape index (κ1) is 19.6. The van der Waals surface area contributed by atoms with Gasteiger partial charge in [-0.1, -0.05) is 31.5 Å². The first-order chi connectivity index (χ1) is 13.5. The number of imide groups is 1. The average Bonchev–Trinajstić information content (AvgIpc) is 3.28. The smallest absolute Gasteiger partial charge is 0.321 e. The van der Waals surface area contributed by atoms with Gasteiger partial charge in [-0.25, -0.2) is 14.8 Å². The Hall–Kier alpha value is -1.67. The number of aromatic nitrogens is 2. The number of hydrogen-bond donors (Lipinski definition) is 2. The fraction of sp³-hybridized carbons (Fsp3) is 0.600. The summed E-state index contributed by atoms with van der Waals surface area (Å²) in [5.74, 6) is 0.415. The molecule has 0 aliphatic heterocycles. The SMILES string of the molecule is C[C@H]1CCc2c(sc3ncnc(S[C@@H](C)C(=O)NC(=O)NC4CCCC4)c23)C1. The highest BCUT2D eigenvalue weighted by Crippen LogP contribution is 2.41. The van der Waals surface area contributed by atoms with E-state index in [0.717, 1.165) is 53.8 Å². The molecule has 2 N–H and O–H groups in total. The lowest BCUT2D eigenvalue weighted by Gasteiger charge is -2.18. The number of thiophene rings is 1. The van der Waals surface area contributed by atoms with E-state index in [9.17, 15) is 9.59 Å². The number of rotatable bonds is 4. The van der Waals surface area contributed by atoms with Crippen molar-refractivity contribution in [3.8, 4) is 0 Å². The van der Waals surface area contributed by atoms with Crippen molar-refractivity contribution in [1.82, 2.24) is 20.6 Å². The van der Waals surface area contributed by atoms with Crippen LogP contribution in [0.15, 0.2) is 11.4 Å². The van der Waals surface area contributed by atoms with Gasteiger partial charge in [-0.3, -0.25) is 10.1 Å². The molecule has 2 aromatic heterocycles. The molecule has 28 heavy (non-hydrogen) atoms. The maximum absolute atomic E-state index is 12.5. The van der Waals surface area contributed by atoms with Crippen LogP contribution in [0, 0.1) is 5.92 Å². The number of hydrogen-bond acceptors (Lipinski definition) is 6. The summed E-state index contributed by atoms with van der Waals surface area (Å²) in [6.07, 6.45) is 9.15. The van der Waals surface area contributed by atoms with Crippen molar-refractivity contribution >= 4 is 45.3 Å². The van der Waals surface area contributed by atoms with E-state index in [1.54, 1.807) is 17.7 Å². The van der Waals surface area contributed by atoms with Crippen LogP contribution >= 0.6 is 23.1 Å². The molecule has 2 atom stereocenters. The van der Waals surface area contributed by atoms with Crippen molar-refractivity contribution in [2.75, 3.05) is 0 Å². The van der Waals surface area contributed by atoms with Crippen LogP contribution in [0.2, 0.25) is 0 Å². The molecule has 0 unspecified atom stereocenters. The fourth-order valence-electron chi connectivity index (χ4n) is 4.06. The Morgan fingerprint density at radius 3 is 2.82 bits per heavy atom. The number of urea groups is 1. The first-order valence-electron chi connectivity index (χ1n) is 10.0. The monoisotopic (exact) mass is 418 g/mol. The van der Waals surface area contributed by atoms with Gasteiger partial charge in [0.25, 0.3) is 0 Å². The highest BCUT2D eigenvalue weighted by molar-refractivity contribution is 8.00. The minimum atomic E-state index is -0.412. The van der Waals surface area contributed by atoms with Crippen LogP contribution in [0.1, 0.15) is 56.4 Å². The second kappa shape index (κ2) is 8.37. The van der Waals surface area contributed by atoms with Gasteiger partial charge in [-0.05, 0) is 50.5 Å². The Balaban J connectivity index is 1.45. The summed E-state index contributed by atoms with van der Waals surface area (Å²) in [5, 5.41) is 6.92. The Labute approximate surface area is 173 Å². The van der Waals surface area contributed by atoms with Gasteiger partial charge in [0.1, 0.15) is 16.2 Å². The summed E-state index contributed by atoms with van der Waals surface area (Å²) in [5.41, 5.74) is 1.35. The predicted octanol–water partition coefficient (Wildman–Crippen LogP) is 4.07. The molecule has 4 rings (SSSR count). The zero-order valence-electron chi connectivity index (χ0n) is 16.3. The molecular weight excluding hydrogens is 392 g/mol. The third-order valence-electron chi connectivity index (χ3n) is 5.64.